The highest BCUT2D eigenvalue weighted by Gasteiger charge is 2.22. The van der Waals surface area contributed by atoms with E-state index in [0.29, 0.717) is 17.4 Å². The fourth-order valence-corrected chi connectivity index (χ4v) is 3.32. The third-order valence-corrected chi connectivity index (χ3v) is 4.92. The molecule has 26 heavy (non-hydrogen) atoms. The van der Waals surface area contributed by atoms with E-state index in [0.717, 1.165) is 43.0 Å². The first-order chi connectivity index (χ1) is 12.5. The molecule has 3 aromatic heterocycles. The topological polar surface area (TPSA) is 81.0 Å². The van der Waals surface area contributed by atoms with Crippen LogP contribution in [0, 0.1) is 4.84 Å². The van der Waals surface area contributed by atoms with Gasteiger partial charge in [-0.1, -0.05) is 13.8 Å². The Balaban J connectivity index is 1.45. The van der Waals surface area contributed by atoms with E-state index in [1.54, 1.807) is 15.7 Å². The number of nitrogens with zero attached hydrogens (tertiary/aromatic N) is 8. The molecule has 138 valence electrons. The van der Waals surface area contributed by atoms with Gasteiger partial charge in [-0.3, -0.25) is 9.58 Å². The van der Waals surface area contributed by atoms with Crippen molar-refractivity contribution in [1.29, 1.82) is 0 Å². The predicted octanol–water partition coefficient (Wildman–Crippen LogP) is 1.79. The number of piperazine rings is 1. The summed E-state index contributed by atoms with van der Waals surface area (Å²) in [6.45, 7) is 8.30. The van der Waals surface area contributed by atoms with Crippen LogP contribution in [0.2, 0.25) is 0 Å². The van der Waals surface area contributed by atoms with Crippen molar-refractivity contribution in [3.8, 4) is 0 Å². The first-order valence-corrected chi connectivity index (χ1v) is 9.11. The third kappa shape index (κ3) is 3.10. The van der Waals surface area contributed by atoms with Crippen molar-refractivity contribution in [3.05, 3.63) is 23.3 Å². The minimum atomic E-state index is 0.231. The summed E-state index contributed by atoms with van der Waals surface area (Å²) in [6, 6.07) is 0. The van der Waals surface area contributed by atoms with Gasteiger partial charge in [0, 0.05) is 39.1 Å². The smallest absolute Gasteiger partial charge is 0.288 e. The molecule has 1 aliphatic rings. The summed E-state index contributed by atoms with van der Waals surface area (Å²) in [5.41, 5.74) is 0.854. The summed E-state index contributed by atoms with van der Waals surface area (Å²) >= 11 is 5.29. The van der Waals surface area contributed by atoms with Gasteiger partial charge in [0.15, 0.2) is 5.65 Å². The highest BCUT2D eigenvalue weighted by atomic mass is 32.1. The Morgan fingerprint density at radius 3 is 2.65 bits per heavy atom. The number of hydrogen-bond acceptors (Lipinski definition) is 8. The Labute approximate surface area is 156 Å². The molecule has 4 rings (SSSR count). The molecule has 4 heterocycles. The molecule has 9 nitrogen and oxygen atoms in total. The van der Waals surface area contributed by atoms with Gasteiger partial charge in [-0.05, 0) is 12.2 Å². The second-order valence-corrected chi connectivity index (χ2v) is 7.16. The van der Waals surface area contributed by atoms with Gasteiger partial charge in [0.05, 0.1) is 18.3 Å². The minimum Gasteiger partial charge on any atom is -0.414 e. The molecule has 0 amide bonds. The van der Waals surface area contributed by atoms with E-state index in [9.17, 15) is 0 Å². The van der Waals surface area contributed by atoms with Crippen LogP contribution < -0.4 is 4.90 Å². The molecule has 0 unspecified atom stereocenters. The number of aromatic nitrogens is 6. The fraction of sp³-hybridized carbons (Fsp3) is 0.562. The third-order valence-electron chi connectivity index (χ3n) is 4.63. The Hall–Kier alpha value is -2.33. The molecule has 1 aliphatic heterocycles. The molecule has 0 aliphatic carbocycles. The molecule has 0 aromatic carbocycles. The SMILES string of the molecule is CC(C)c1nn(CN2CCN(c3ncnc4c3cnn4C)CC2)c(=S)o1. The number of fused-ring (bicyclic) bond motifs is 1. The molecule has 10 heteroatoms. The molecule has 0 atom stereocenters. The van der Waals surface area contributed by atoms with Crippen LogP contribution in [-0.2, 0) is 13.7 Å². The molecule has 0 radical (unpaired) electrons. The quantitative estimate of drug-likeness (QED) is 0.640. The Bertz CT molecular complexity index is 966. The van der Waals surface area contributed by atoms with Gasteiger partial charge in [0.1, 0.15) is 12.1 Å². The van der Waals surface area contributed by atoms with Crippen LogP contribution in [0.25, 0.3) is 11.0 Å². The van der Waals surface area contributed by atoms with Gasteiger partial charge >= 0.3 is 0 Å². The fourth-order valence-electron chi connectivity index (χ4n) is 3.14. The monoisotopic (exact) mass is 374 g/mol. The van der Waals surface area contributed by atoms with Gasteiger partial charge in [0.25, 0.3) is 4.84 Å². The van der Waals surface area contributed by atoms with Gasteiger partial charge < -0.3 is 9.32 Å². The molecule has 1 fully saturated rings. The number of aryl methyl sites for hydroxylation is 1. The van der Waals surface area contributed by atoms with E-state index in [1.807, 2.05) is 27.1 Å². The first kappa shape index (κ1) is 17.1. The van der Waals surface area contributed by atoms with Gasteiger partial charge in [-0.15, -0.1) is 5.10 Å². The van der Waals surface area contributed by atoms with Crippen LogP contribution in [0.15, 0.2) is 16.9 Å². The summed E-state index contributed by atoms with van der Waals surface area (Å²) < 4.78 is 9.10. The number of anilines is 1. The zero-order chi connectivity index (χ0) is 18.3. The molecular formula is C16H22N8OS. The lowest BCUT2D eigenvalue weighted by molar-refractivity contribution is 0.192. The van der Waals surface area contributed by atoms with Crippen molar-refractivity contribution < 1.29 is 4.42 Å². The lowest BCUT2D eigenvalue weighted by atomic mass is 10.2. The molecule has 0 saturated carbocycles. The standard InChI is InChI=1S/C16H22N8OS/c1-11(2)15-20-24(16(26)25-15)10-22-4-6-23(7-5-22)14-12-8-19-21(3)13(12)17-9-18-14/h8-9,11H,4-7,10H2,1-3H3. The first-order valence-electron chi connectivity index (χ1n) is 8.71. The molecule has 0 N–H and O–H groups in total. The second kappa shape index (κ2) is 6.76. The summed E-state index contributed by atoms with van der Waals surface area (Å²) in [6.07, 6.45) is 3.44. The van der Waals surface area contributed by atoms with E-state index in [-0.39, 0.29) is 5.92 Å². The van der Waals surface area contributed by atoms with E-state index in [1.165, 1.54) is 0 Å². The number of rotatable bonds is 4. The summed E-state index contributed by atoms with van der Waals surface area (Å²) in [5.74, 6) is 1.87. The predicted molar refractivity (Wildman–Crippen MR) is 99.5 cm³/mol. The second-order valence-electron chi connectivity index (χ2n) is 6.81. The Morgan fingerprint density at radius 1 is 1.19 bits per heavy atom. The summed E-state index contributed by atoms with van der Waals surface area (Å²) in [7, 11) is 1.89. The normalized spacial score (nSPS) is 16.1. The maximum absolute atomic E-state index is 5.56. The lowest BCUT2D eigenvalue weighted by Gasteiger charge is -2.35. The van der Waals surface area contributed by atoms with Crippen molar-refractivity contribution in [2.24, 2.45) is 7.05 Å². The zero-order valence-corrected chi connectivity index (χ0v) is 16.0. The maximum atomic E-state index is 5.56. The maximum Gasteiger partial charge on any atom is 0.288 e. The van der Waals surface area contributed by atoms with Crippen LogP contribution in [-0.4, -0.2) is 60.6 Å². The van der Waals surface area contributed by atoms with Crippen molar-refractivity contribution in [2.45, 2.75) is 26.4 Å². The van der Waals surface area contributed by atoms with Crippen LogP contribution >= 0.6 is 12.2 Å². The highest BCUT2D eigenvalue weighted by molar-refractivity contribution is 7.71. The molecule has 3 aromatic rings. The van der Waals surface area contributed by atoms with Crippen LogP contribution in [0.5, 0.6) is 0 Å². The van der Waals surface area contributed by atoms with Crippen molar-refractivity contribution in [2.75, 3.05) is 31.1 Å². The Kier molecular flexibility index (Phi) is 4.45. The average molecular weight is 374 g/mol. The lowest BCUT2D eigenvalue weighted by Crippen LogP contribution is -2.47. The van der Waals surface area contributed by atoms with Gasteiger partial charge in [0.2, 0.25) is 5.89 Å². The van der Waals surface area contributed by atoms with Gasteiger partial charge in [-0.25, -0.2) is 14.6 Å². The molecule has 0 bridgehead atoms. The van der Waals surface area contributed by atoms with Crippen molar-refractivity contribution in [3.63, 3.8) is 0 Å². The van der Waals surface area contributed by atoms with Gasteiger partial charge in [-0.2, -0.15) is 5.10 Å². The van der Waals surface area contributed by atoms with Crippen molar-refractivity contribution >= 4 is 29.1 Å². The highest BCUT2D eigenvalue weighted by Crippen LogP contribution is 2.23. The zero-order valence-electron chi connectivity index (χ0n) is 15.2. The number of hydrogen-bond donors (Lipinski definition) is 0. The van der Waals surface area contributed by atoms with Crippen LogP contribution in [0.1, 0.15) is 25.7 Å². The molecular weight excluding hydrogens is 352 g/mol. The molecule has 1 saturated heterocycles. The van der Waals surface area contributed by atoms with Crippen LogP contribution in [0.3, 0.4) is 0 Å². The van der Waals surface area contributed by atoms with E-state index in [4.69, 9.17) is 16.6 Å². The van der Waals surface area contributed by atoms with E-state index >= 15 is 0 Å². The molecule has 0 spiro atoms. The van der Waals surface area contributed by atoms with E-state index < -0.39 is 0 Å². The Morgan fingerprint density at radius 2 is 1.96 bits per heavy atom. The van der Waals surface area contributed by atoms with Crippen molar-refractivity contribution in [1.82, 2.24) is 34.4 Å². The summed E-state index contributed by atoms with van der Waals surface area (Å²) in [5, 5.41) is 9.76. The minimum absolute atomic E-state index is 0.231. The summed E-state index contributed by atoms with van der Waals surface area (Å²) in [4.78, 5) is 13.8. The average Bonchev–Trinajstić information content (AvgIpc) is 3.19. The van der Waals surface area contributed by atoms with Crippen LogP contribution in [0.4, 0.5) is 5.82 Å². The largest absolute Gasteiger partial charge is 0.414 e. The van der Waals surface area contributed by atoms with E-state index in [2.05, 4.69) is 30.0 Å².